The van der Waals surface area contributed by atoms with E-state index in [4.69, 9.17) is 14.7 Å². The molecule has 1 saturated heterocycles. The lowest BCUT2D eigenvalue weighted by Gasteiger charge is -2.32. The van der Waals surface area contributed by atoms with E-state index in [1.807, 2.05) is 25.1 Å². The van der Waals surface area contributed by atoms with E-state index in [9.17, 15) is 4.39 Å². The van der Waals surface area contributed by atoms with Gasteiger partial charge in [0.15, 0.2) is 5.82 Å². The third-order valence-electron chi connectivity index (χ3n) is 7.52. The smallest absolute Gasteiger partial charge is 0.225 e. The van der Waals surface area contributed by atoms with Crippen molar-refractivity contribution in [3.8, 4) is 5.75 Å². The average molecular weight is 531 g/mol. The number of hydrogen-bond acceptors (Lipinski definition) is 8. The molecule has 2 aliphatic rings. The van der Waals surface area contributed by atoms with Crippen LogP contribution in [-0.2, 0) is 0 Å². The monoisotopic (exact) mass is 530 g/mol. The van der Waals surface area contributed by atoms with Crippen LogP contribution in [0.2, 0.25) is 0 Å². The van der Waals surface area contributed by atoms with Crippen molar-refractivity contribution in [2.75, 3.05) is 57.0 Å². The fourth-order valence-corrected chi connectivity index (χ4v) is 4.88. The fourth-order valence-electron chi connectivity index (χ4n) is 4.88. The lowest BCUT2D eigenvalue weighted by atomic mass is 10.1. The summed E-state index contributed by atoms with van der Waals surface area (Å²) in [5.41, 5.74) is 2.85. The quantitative estimate of drug-likeness (QED) is 0.266. The SMILES string of the molecule is C[C@H](Nc1nc(Nc2cc(C3CC3)[nH]n2)c2ccc(OCCN3CCN(C)CC3)cc2n1)c1ccc(F)cc1. The van der Waals surface area contributed by atoms with Crippen LogP contribution in [0.4, 0.5) is 22.0 Å². The van der Waals surface area contributed by atoms with Gasteiger partial charge in [-0.2, -0.15) is 10.1 Å². The first-order valence-corrected chi connectivity index (χ1v) is 13.7. The van der Waals surface area contributed by atoms with Crippen molar-refractivity contribution in [1.82, 2.24) is 30.0 Å². The minimum Gasteiger partial charge on any atom is -0.492 e. The zero-order valence-electron chi connectivity index (χ0n) is 22.5. The molecule has 9 nitrogen and oxygen atoms in total. The van der Waals surface area contributed by atoms with E-state index >= 15 is 0 Å². The van der Waals surface area contributed by atoms with Crippen LogP contribution >= 0.6 is 0 Å². The Kier molecular flexibility index (Phi) is 7.30. The number of aromatic amines is 1. The fraction of sp³-hybridized carbons (Fsp3) is 0.414. The van der Waals surface area contributed by atoms with Crippen molar-refractivity contribution < 1.29 is 9.13 Å². The number of rotatable bonds is 10. The Hall–Kier alpha value is -3.76. The van der Waals surface area contributed by atoms with Gasteiger partial charge in [-0.3, -0.25) is 10.00 Å². The maximum atomic E-state index is 13.4. The molecule has 0 unspecified atom stereocenters. The van der Waals surface area contributed by atoms with Gasteiger partial charge in [-0.1, -0.05) is 12.1 Å². The minimum absolute atomic E-state index is 0.120. The third-order valence-corrected chi connectivity index (χ3v) is 7.52. The number of anilines is 3. The Bertz CT molecular complexity index is 1410. The first-order chi connectivity index (χ1) is 19.0. The second-order valence-corrected chi connectivity index (χ2v) is 10.6. The molecule has 2 aromatic heterocycles. The minimum atomic E-state index is -0.260. The first kappa shape index (κ1) is 25.5. The highest BCUT2D eigenvalue weighted by Crippen LogP contribution is 2.40. The van der Waals surface area contributed by atoms with E-state index in [0.717, 1.165) is 66.5 Å². The van der Waals surface area contributed by atoms with Gasteiger partial charge in [-0.05, 0) is 56.6 Å². The lowest BCUT2D eigenvalue weighted by molar-refractivity contribution is 0.134. The third kappa shape index (κ3) is 6.29. The number of halogens is 1. The Morgan fingerprint density at radius 1 is 1.05 bits per heavy atom. The number of ether oxygens (including phenoxy) is 1. The van der Waals surface area contributed by atoms with Crippen molar-refractivity contribution in [3.63, 3.8) is 0 Å². The van der Waals surface area contributed by atoms with E-state index in [-0.39, 0.29) is 11.9 Å². The van der Waals surface area contributed by atoms with Crippen LogP contribution in [0.15, 0.2) is 48.5 Å². The number of aromatic nitrogens is 4. The van der Waals surface area contributed by atoms with Gasteiger partial charge in [-0.15, -0.1) is 0 Å². The molecule has 0 spiro atoms. The summed E-state index contributed by atoms with van der Waals surface area (Å²) < 4.78 is 19.6. The number of nitrogens with zero attached hydrogens (tertiary/aromatic N) is 5. The van der Waals surface area contributed by atoms with Gasteiger partial charge in [0.1, 0.15) is 24.0 Å². The first-order valence-electron chi connectivity index (χ1n) is 13.7. The Labute approximate surface area is 227 Å². The number of H-pyrrole nitrogens is 1. The van der Waals surface area contributed by atoms with Gasteiger partial charge in [0.25, 0.3) is 0 Å². The van der Waals surface area contributed by atoms with Crippen LogP contribution in [0.5, 0.6) is 5.75 Å². The van der Waals surface area contributed by atoms with E-state index in [1.54, 1.807) is 12.1 Å². The highest BCUT2D eigenvalue weighted by molar-refractivity contribution is 5.92. The molecule has 3 N–H and O–H groups in total. The Morgan fingerprint density at radius 3 is 2.62 bits per heavy atom. The van der Waals surface area contributed by atoms with Crippen molar-refractivity contribution in [2.45, 2.75) is 31.7 Å². The summed E-state index contributed by atoms with van der Waals surface area (Å²) in [5.74, 6) is 2.94. The molecule has 6 rings (SSSR count). The molecule has 2 fully saturated rings. The predicted octanol–water partition coefficient (Wildman–Crippen LogP) is 4.91. The average Bonchev–Trinajstić information content (AvgIpc) is 3.68. The van der Waals surface area contributed by atoms with Gasteiger partial charge in [0, 0.05) is 61.9 Å². The standard InChI is InChI=1S/C29H35FN8O/c1-19(20-5-7-22(30)8-6-20)31-29-32-26-17-23(39-16-15-38-13-11-37(2)12-14-38)9-10-24(26)28(34-29)33-27-18-25(35-36-27)21-3-4-21/h5-10,17-19,21H,3-4,11-16H2,1-2H3,(H3,31,32,33,34,35,36)/t19-/m0/s1. The number of piperazine rings is 1. The molecule has 1 aliphatic heterocycles. The predicted molar refractivity (Wildman–Crippen MR) is 151 cm³/mol. The Morgan fingerprint density at radius 2 is 1.85 bits per heavy atom. The zero-order chi connectivity index (χ0) is 26.8. The van der Waals surface area contributed by atoms with Gasteiger partial charge in [-0.25, -0.2) is 9.37 Å². The van der Waals surface area contributed by atoms with Crippen LogP contribution in [0.3, 0.4) is 0 Å². The molecule has 204 valence electrons. The molecule has 1 aliphatic carbocycles. The molecule has 1 atom stereocenters. The molecule has 1 saturated carbocycles. The van der Waals surface area contributed by atoms with E-state index in [0.29, 0.717) is 24.3 Å². The summed E-state index contributed by atoms with van der Waals surface area (Å²) in [5, 5.41) is 15.2. The second-order valence-electron chi connectivity index (χ2n) is 10.6. The molecule has 10 heteroatoms. The van der Waals surface area contributed by atoms with E-state index < -0.39 is 0 Å². The summed E-state index contributed by atoms with van der Waals surface area (Å²) in [6.45, 7) is 7.83. The topological polar surface area (TPSA) is 94.2 Å². The van der Waals surface area contributed by atoms with Crippen LogP contribution in [0.25, 0.3) is 10.9 Å². The van der Waals surface area contributed by atoms with E-state index in [2.05, 4.69) is 43.7 Å². The maximum Gasteiger partial charge on any atom is 0.225 e. The molecule has 39 heavy (non-hydrogen) atoms. The highest BCUT2D eigenvalue weighted by Gasteiger charge is 2.25. The number of likely N-dealkylation sites (N-methyl/N-ethyl adjacent to an activating group) is 1. The molecule has 0 amide bonds. The number of hydrogen-bond donors (Lipinski definition) is 3. The van der Waals surface area contributed by atoms with Gasteiger partial charge in [0.2, 0.25) is 5.95 Å². The molecule has 0 bridgehead atoms. The number of nitrogens with one attached hydrogen (secondary N) is 3. The largest absolute Gasteiger partial charge is 0.492 e. The molecule has 4 aromatic rings. The highest BCUT2D eigenvalue weighted by atomic mass is 19.1. The molecular formula is C29H35FN8O. The summed E-state index contributed by atoms with van der Waals surface area (Å²) in [6, 6.07) is 14.3. The number of benzene rings is 2. The number of fused-ring (bicyclic) bond motifs is 1. The van der Waals surface area contributed by atoms with Crippen LogP contribution in [-0.4, -0.2) is 76.3 Å². The summed E-state index contributed by atoms with van der Waals surface area (Å²) in [4.78, 5) is 14.4. The van der Waals surface area contributed by atoms with Crippen LogP contribution < -0.4 is 15.4 Å². The van der Waals surface area contributed by atoms with Gasteiger partial charge in [0.05, 0.1) is 11.6 Å². The van der Waals surface area contributed by atoms with Crippen LogP contribution in [0.1, 0.15) is 43.0 Å². The normalized spacial score (nSPS) is 17.3. The van der Waals surface area contributed by atoms with Gasteiger partial charge < -0.3 is 20.3 Å². The summed E-state index contributed by atoms with van der Waals surface area (Å²) in [6.07, 6.45) is 2.40. The van der Waals surface area contributed by atoms with Gasteiger partial charge >= 0.3 is 0 Å². The summed E-state index contributed by atoms with van der Waals surface area (Å²) in [7, 11) is 2.16. The van der Waals surface area contributed by atoms with Crippen molar-refractivity contribution in [1.29, 1.82) is 0 Å². The molecule has 3 heterocycles. The lowest BCUT2D eigenvalue weighted by Crippen LogP contribution is -2.45. The zero-order valence-corrected chi connectivity index (χ0v) is 22.5. The molecular weight excluding hydrogens is 495 g/mol. The van der Waals surface area contributed by atoms with E-state index in [1.165, 1.54) is 25.0 Å². The van der Waals surface area contributed by atoms with Crippen molar-refractivity contribution >= 4 is 28.5 Å². The Balaban J connectivity index is 1.23. The molecule has 2 aromatic carbocycles. The molecule has 0 radical (unpaired) electrons. The van der Waals surface area contributed by atoms with Crippen molar-refractivity contribution in [2.24, 2.45) is 0 Å². The second kappa shape index (κ2) is 11.2. The van der Waals surface area contributed by atoms with Crippen LogP contribution in [0, 0.1) is 5.82 Å². The summed E-state index contributed by atoms with van der Waals surface area (Å²) >= 11 is 0. The van der Waals surface area contributed by atoms with Crippen molar-refractivity contribution in [3.05, 3.63) is 65.6 Å². The maximum absolute atomic E-state index is 13.4.